The minimum atomic E-state index is -0.0591. The molecule has 2 heterocycles. The molecular weight excluding hydrogens is 533 g/mol. The van der Waals surface area contributed by atoms with Crippen LogP contribution >= 0.6 is 23.5 Å². The second-order valence-corrected chi connectivity index (χ2v) is 14.3. The summed E-state index contributed by atoms with van der Waals surface area (Å²) in [6, 6.07) is 15.8. The minimum absolute atomic E-state index is 0.0591. The van der Waals surface area contributed by atoms with Crippen molar-refractivity contribution in [3.05, 3.63) is 42.5 Å². The van der Waals surface area contributed by atoms with Gasteiger partial charge in [-0.1, -0.05) is 70.3 Å². The van der Waals surface area contributed by atoms with E-state index in [9.17, 15) is 4.79 Å². The Morgan fingerprint density at radius 1 is 1.10 bits per heavy atom. The second-order valence-electron chi connectivity index (χ2n) is 12.3. The Morgan fingerprint density at radius 3 is 2.75 bits per heavy atom. The summed E-state index contributed by atoms with van der Waals surface area (Å²) in [4.78, 5) is 22.3. The zero-order chi connectivity index (χ0) is 28.1. The third kappa shape index (κ3) is 6.81. The van der Waals surface area contributed by atoms with Crippen LogP contribution in [-0.2, 0) is 4.74 Å². The van der Waals surface area contributed by atoms with Crippen LogP contribution in [0.5, 0.6) is 0 Å². The number of unbranched alkanes of at least 4 members (excludes halogenated alkanes) is 1. The number of hydrogen-bond acceptors (Lipinski definition) is 5. The third-order valence-corrected chi connectivity index (χ3v) is 11.3. The molecular formula is C34H48N2O2S2. The van der Waals surface area contributed by atoms with Crippen LogP contribution in [0.1, 0.15) is 85.0 Å². The number of ether oxygens (including phenoxy) is 1. The molecule has 4 nitrogen and oxygen atoms in total. The molecule has 3 aliphatic rings. The number of anilines is 2. The van der Waals surface area contributed by atoms with E-state index in [0.29, 0.717) is 17.8 Å². The van der Waals surface area contributed by atoms with Gasteiger partial charge in [-0.05, 0) is 92.9 Å². The molecule has 218 valence electrons. The predicted octanol–water partition coefficient (Wildman–Crippen LogP) is 10.0. The zero-order valence-electron chi connectivity index (χ0n) is 24.9. The molecule has 0 aromatic heterocycles. The topological polar surface area (TPSA) is 32.8 Å². The van der Waals surface area contributed by atoms with Crippen molar-refractivity contribution < 1.29 is 9.53 Å². The summed E-state index contributed by atoms with van der Waals surface area (Å²) in [5.74, 6) is 1.75. The summed E-state index contributed by atoms with van der Waals surface area (Å²) in [7, 11) is 0. The molecule has 5 atom stereocenters. The van der Waals surface area contributed by atoms with Gasteiger partial charge in [-0.15, -0.1) is 11.8 Å². The first-order chi connectivity index (χ1) is 19.5. The quantitative estimate of drug-likeness (QED) is 0.276. The number of piperidine rings is 1. The highest BCUT2D eigenvalue weighted by atomic mass is 32.2. The standard InChI is InChI=1S/C34H48N2O2S2/c1-5-6-11-25(3)28-17-15-24(2)22-31(28)38-34(37)35-20-10-9-12-26(35)19-21-36-29-13-7-8-14-32(29)40-33-18-16-27(39-4)23-30(33)36/h7-8,13-14,16,18,23-26,28,31H,5-6,9-12,15,17,19-22H2,1-4H3/t24-,25?,26-,28+,31-/m1/s1. The van der Waals surface area contributed by atoms with Crippen LogP contribution in [0.15, 0.2) is 57.2 Å². The van der Waals surface area contributed by atoms with Crippen LogP contribution in [-0.4, -0.2) is 42.5 Å². The first kappa shape index (κ1) is 29.7. The molecule has 1 unspecified atom stereocenters. The molecule has 0 spiro atoms. The minimum Gasteiger partial charge on any atom is -0.446 e. The summed E-state index contributed by atoms with van der Waals surface area (Å²) in [5.41, 5.74) is 2.57. The van der Waals surface area contributed by atoms with E-state index in [0.717, 1.165) is 38.8 Å². The molecule has 2 aromatic rings. The van der Waals surface area contributed by atoms with E-state index in [1.165, 1.54) is 64.6 Å². The van der Waals surface area contributed by atoms with Crippen molar-refractivity contribution in [1.82, 2.24) is 4.90 Å². The molecule has 40 heavy (non-hydrogen) atoms. The van der Waals surface area contributed by atoms with Crippen molar-refractivity contribution in [2.24, 2.45) is 17.8 Å². The van der Waals surface area contributed by atoms with E-state index in [1.807, 2.05) is 11.8 Å². The zero-order valence-corrected chi connectivity index (χ0v) is 26.6. The van der Waals surface area contributed by atoms with E-state index in [1.54, 1.807) is 11.8 Å². The van der Waals surface area contributed by atoms with Crippen molar-refractivity contribution in [2.45, 2.75) is 112 Å². The molecule has 1 saturated heterocycles. The molecule has 0 radical (unpaired) electrons. The fourth-order valence-corrected chi connectivity index (χ4v) is 8.58. The molecule has 1 amide bonds. The molecule has 0 bridgehead atoms. The summed E-state index contributed by atoms with van der Waals surface area (Å²) in [6.45, 7) is 8.70. The molecule has 2 aromatic carbocycles. The van der Waals surface area contributed by atoms with Gasteiger partial charge in [0.1, 0.15) is 6.10 Å². The molecule has 1 aliphatic carbocycles. The van der Waals surface area contributed by atoms with Gasteiger partial charge in [-0.2, -0.15) is 0 Å². The van der Waals surface area contributed by atoms with Crippen LogP contribution in [0.3, 0.4) is 0 Å². The average Bonchev–Trinajstić information content (AvgIpc) is 2.98. The average molecular weight is 581 g/mol. The van der Waals surface area contributed by atoms with Crippen LogP contribution in [0.25, 0.3) is 0 Å². The van der Waals surface area contributed by atoms with Crippen LogP contribution in [0.2, 0.25) is 0 Å². The number of rotatable bonds is 9. The first-order valence-corrected chi connectivity index (χ1v) is 17.7. The van der Waals surface area contributed by atoms with Crippen LogP contribution < -0.4 is 4.90 Å². The lowest BCUT2D eigenvalue weighted by atomic mass is 9.73. The molecule has 6 heteroatoms. The summed E-state index contributed by atoms with van der Waals surface area (Å²) in [5, 5.41) is 0. The van der Waals surface area contributed by atoms with Crippen molar-refractivity contribution in [2.75, 3.05) is 24.2 Å². The highest BCUT2D eigenvalue weighted by molar-refractivity contribution is 8.00. The number of amides is 1. The van der Waals surface area contributed by atoms with E-state index in [-0.39, 0.29) is 18.2 Å². The predicted molar refractivity (Wildman–Crippen MR) is 170 cm³/mol. The van der Waals surface area contributed by atoms with Gasteiger partial charge in [-0.25, -0.2) is 4.79 Å². The Hall–Kier alpha value is -1.79. The van der Waals surface area contributed by atoms with E-state index >= 15 is 0 Å². The number of carbonyl (C=O) groups is 1. The van der Waals surface area contributed by atoms with Gasteiger partial charge in [0, 0.05) is 33.8 Å². The Balaban J connectivity index is 1.29. The first-order valence-electron chi connectivity index (χ1n) is 15.7. The molecule has 5 rings (SSSR count). The van der Waals surface area contributed by atoms with Crippen LogP contribution in [0, 0.1) is 17.8 Å². The number of hydrogen-bond donors (Lipinski definition) is 0. The number of para-hydroxylation sites is 1. The third-order valence-electron chi connectivity index (χ3n) is 9.48. The number of likely N-dealkylation sites (tertiary alicyclic amines) is 1. The smallest absolute Gasteiger partial charge is 0.410 e. The van der Waals surface area contributed by atoms with Gasteiger partial charge in [0.25, 0.3) is 0 Å². The maximum absolute atomic E-state index is 13.8. The van der Waals surface area contributed by atoms with Crippen LogP contribution in [0.4, 0.5) is 16.2 Å². The maximum Gasteiger partial charge on any atom is 0.410 e. The van der Waals surface area contributed by atoms with Gasteiger partial charge < -0.3 is 14.5 Å². The summed E-state index contributed by atoms with van der Waals surface area (Å²) < 4.78 is 6.45. The Bertz CT molecular complexity index is 1140. The molecule has 0 N–H and O–H groups in total. The SMILES string of the molecule is CCCCC(C)[C@@H]1CC[C@@H](C)C[C@H]1OC(=O)N1CCCC[C@@H]1CCN1c2ccccc2Sc2ccc(SC)cc21. The van der Waals surface area contributed by atoms with Crippen molar-refractivity contribution in [3.63, 3.8) is 0 Å². The number of carbonyl (C=O) groups excluding carboxylic acids is 1. The number of benzene rings is 2. The van der Waals surface area contributed by atoms with Gasteiger partial charge in [0.15, 0.2) is 0 Å². The van der Waals surface area contributed by atoms with E-state index in [4.69, 9.17) is 4.74 Å². The van der Waals surface area contributed by atoms with Crippen molar-refractivity contribution >= 4 is 41.0 Å². The molecule has 2 aliphatic heterocycles. The fourth-order valence-electron chi connectivity index (χ4n) is 7.07. The monoisotopic (exact) mass is 580 g/mol. The van der Waals surface area contributed by atoms with Gasteiger partial charge in [0.05, 0.1) is 11.4 Å². The maximum atomic E-state index is 13.8. The fraction of sp³-hybridized carbons (Fsp3) is 0.618. The number of fused-ring (bicyclic) bond motifs is 2. The second kappa shape index (κ2) is 13.9. The Morgan fingerprint density at radius 2 is 1.93 bits per heavy atom. The lowest BCUT2D eigenvalue weighted by molar-refractivity contribution is -0.0228. The van der Waals surface area contributed by atoms with Gasteiger partial charge >= 0.3 is 6.09 Å². The van der Waals surface area contributed by atoms with Crippen molar-refractivity contribution in [3.8, 4) is 0 Å². The number of nitrogens with zero attached hydrogens (tertiary/aromatic N) is 2. The summed E-state index contributed by atoms with van der Waals surface area (Å²) >= 11 is 3.66. The van der Waals surface area contributed by atoms with Crippen molar-refractivity contribution in [1.29, 1.82) is 0 Å². The van der Waals surface area contributed by atoms with Gasteiger partial charge in [-0.3, -0.25) is 0 Å². The van der Waals surface area contributed by atoms with Gasteiger partial charge in [0.2, 0.25) is 0 Å². The Labute approximate surface area is 251 Å². The normalized spacial score (nSPS) is 25.2. The summed E-state index contributed by atoms with van der Waals surface area (Å²) in [6.07, 6.45) is 13.6. The lowest BCUT2D eigenvalue weighted by Crippen LogP contribution is -2.48. The number of thioether (sulfide) groups is 1. The Kier molecular flexibility index (Phi) is 10.3. The highest BCUT2D eigenvalue weighted by Gasteiger charge is 2.37. The van der Waals surface area contributed by atoms with E-state index < -0.39 is 0 Å². The molecule has 1 saturated carbocycles. The highest BCUT2D eigenvalue weighted by Crippen LogP contribution is 2.49. The van der Waals surface area contributed by atoms with E-state index in [2.05, 4.69) is 79.3 Å². The lowest BCUT2D eigenvalue weighted by Gasteiger charge is -2.41. The molecule has 2 fully saturated rings. The largest absolute Gasteiger partial charge is 0.446 e.